The molecule has 0 aliphatic carbocycles. The smallest absolute Gasteiger partial charge is 0.328 e. The SMILES string of the molecule is C=CCC(NC(=O)CC1CCN(c2ccc(C=NN)cc2)C1=O)C(=O)OCC. The second kappa shape index (κ2) is 10.2. The second-order valence-electron chi connectivity index (χ2n) is 6.45. The van der Waals surface area contributed by atoms with E-state index in [2.05, 4.69) is 17.0 Å². The molecular formula is C20H26N4O4. The standard InChI is InChI=1S/C20H26N4O4/c1-3-5-17(20(27)28-4-2)23-18(25)12-15-10-11-24(19(15)26)16-8-6-14(7-9-16)13-22-21/h3,6-9,13,15,17H,1,4-5,10-12,21H2,2H3,(H,23,25). The molecule has 1 aromatic carbocycles. The summed E-state index contributed by atoms with van der Waals surface area (Å²) < 4.78 is 4.96. The topological polar surface area (TPSA) is 114 Å². The average Bonchev–Trinajstić information content (AvgIpc) is 3.03. The van der Waals surface area contributed by atoms with Crippen molar-refractivity contribution >= 4 is 29.7 Å². The average molecular weight is 386 g/mol. The number of carbonyl (C=O) groups is 3. The van der Waals surface area contributed by atoms with Crippen molar-refractivity contribution in [3.05, 3.63) is 42.5 Å². The molecule has 1 fully saturated rings. The van der Waals surface area contributed by atoms with Crippen LogP contribution in [0.2, 0.25) is 0 Å². The highest BCUT2D eigenvalue weighted by Crippen LogP contribution is 2.27. The van der Waals surface area contributed by atoms with Crippen LogP contribution in [-0.4, -0.2) is 43.2 Å². The van der Waals surface area contributed by atoms with E-state index in [0.29, 0.717) is 13.0 Å². The van der Waals surface area contributed by atoms with Crippen LogP contribution in [0.5, 0.6) is 0 Å². The minimum absolute atomic E-state index is 0.0281. The highest BCUT2D eigenvalue weighted by molar-refractivity contribution is 5.99. The second-order valence-corrected chi connectivity index (χ2v) is 6.45. The Labute approximate surface area is 164 Å². The molecule has 28 heavy (non-hydrogen) atoms. The van der Waals surface area contributed by atoms with E-state index in [-0.39, 0.29) is 31.3 Å². The highest BCUT2D eigenvalue weighted by atomic mass is 16.5. The molecule has 2 rings (SSSR count). The molecule has 2 atom stereocenters. The molecule has 0 spiro atoms. The Bertz CT molecular complexity index is 745. The summed E-state index contributed by atoms with van der Waals surface area (Å²) in [6.45, 7) is 6.06. The first-order valence-corrected chi connectivity index (χ1v) is 9.21. The molecule has 1 aromatic rings. The number of hydrogen-bond donors (Lipinski definition) is 2. The molecule has 0 bridgehead atoms. The fraction of sp³-hybridized carbons (Fsp3) is 0.400. The maximum atomic E-state index is 12.7. The molecule has 3 N–H and O–H groups in total. The number of nitrogens with two attached hydrogens (primary N) is 1. The van der Waals surface area contributed by atoms with Crippen LogP contribution < -0.4 is 16.1 Å². The van der Waals surface area contributed by atoms with Crippen molar-refractivity contribution in [3.8, 4) is 0 Å². The van der Waals surface area contributed by atoms with E-state index < -0.39 is 17.9 Å². The van der Waals surface area contributed by atoms with Gasteiger partial charge in [0.15, 0.2) is 0 Å². The number of nitrogens with zero attached hydrogens (tertiary/aromatic N) is 2. The van der Waals surface area contributed by atoms with Crippen molar-refractivity contribution in [3.63, 3.8) is 0 Å². The highest BCUT2D eigenvalue weighted by Gasteiger charge is 2.34. The summed E-state index contributed by atoms with van der Waals surface area (Å²) in [5.74, 6) is 3.75. The third-order valence-electron chi connectivity index (χ3n) is 4.49. The Morgan fingerprint density at radius 3 is 2.75 bits per heavy atom. The predicted molar refractivity (Wildman–Crippen MR) is 107 cm³/mol. The fourth-order valence-corrected chi connectivity index (χ4v) is 3.11. The molecule has 1 heterocycles. The van der Waals surface area contributed by atoms with Gasteiger partial charge in [0.05, 0.1) is 12.8 Å². The molecule has 0 radical (unpaired) electrons. The number of esters is 1. The van der Waals surface area contributed by atoms with Gasteiger partial charge >= 0.3 is 5.97 Å². The lowest BCUT2D eigenvalue weighted by atomic mass is 10.0. The maximum Gasteiger partial charge on any atom is 0.328 e. The van der Waals surface area contributed by atoms with Crippen molar-refractivity contribution in [1.29, 1.82) is 0 Å². The van der Waals surface area contributed by atoms with Crippen molar-refractivity contribution in [2.45, 2.75) is 32.2 Å². The van der Waals surface area contributed by atoms with E-state index >= 15 is 0 Å². The summed E-state index contributed by atoms with van der Waals surface area (Å²) in [7, 11) is 0. The van der Waals surface area contributed by atoms with Gasteiger partial charge in [-0.05, 0) is 37.5 Å². The van der Waals surface area contributed by atoms with Crippen LogP contribution in [0.15, 0.2) is 42.0 Å². The molecule has 1 saturated heterocycles. The number of carbonyl (C=O) groups excluding carboxylic acids is 3. The van der Waals surface area contributed by atoms with E-state index in [0.717, 1.165) is 11.3 Å². The third kappa shape index (κ3) is 5.42. The quantitative estimate of drug-likeness (QED) is 0.219. The van der Waals surface area contributed by atoms with Crippen LogP contribution in [0.4, 0.5) is 5.69 Å². The molecule has 2 amide bonds. The molecule has 0 saturated carbocycles. The van der Waals surface area contributed by atoms with Gasteiger partial charge in [-0.25, -0.2) is 4.79 Å². The largest absolute Gasteiger partial charge is 0.464 e. The Hall–Kier alpha value is -3.16. The number of benzene rings is 1. The summed E-state index contributed by atoms with van der Waals surface area (Å²) in [6, 6.07) is 6.49. The summed E-state index contributed by atoms with van der Waals surface area (Å²) >= 11 is 0. The van der Waals surface area contributed by atoms with E-state index in [4.69, 9.17) is 10.6 Å². The van der Waals surface area contributed by atoms with Crippen LogP contribution in [-0.2, 0) is 19.1 Å². The normalized spacial score (nSPS) is 17.5. The number of amides is 2. The van der Waals surface area contributed by atoms with E-state index in [1.165, 1.54) is 6.21 Å². The van der Waals surface area contributed by atoms with Gasteiger partial charge in [0.1, 0.15) is 6.04 Å². The van der Waals surface area contributed by atoms with Gasteiger partial charge < -0.3 is 20.8 Å². The Balaban J connectivity index is 1.95. The lowest BCUT2D eigenvalue weighted by molar-refractivity contribution is -0.147. The first-order chi connectivity index (χ1) is 13.5. The summed E-state index contributed by atoms with van der Waals surface area (Å²) in [4.78, 5) is 38.6. The van der Waals surface area contributed by atoms with E-state index in [9.17, 15) is 14.4 Å². The van der Waals surface area contributed by atoms with Crippen LogP contribution in [0.1, 0.15) is 31.7 Å². The monoisotopic (exact) mass is 386 g/mol. The minimum atomic E-state index is -0.783. The predicted octanol–water partition coefficient (Wildman–Crippen LogP) is 1.35. The Morgan fingerprint density at radius 1 is 1.43 bits per heavy atom. The summed E-state index contributed by atoms with van der Waals surface area (Å²) in [5, 5.41) is 6.11. The zero-order chi connectivity index (χ0) is 20.5. The molecule has 150 valence electrons. The summed E-state index contributed by atoms with van der Waals surface area (Å²) in [6.07, 6.45) is 3.94. The number of ether oxygens (including phenoxy) is 1. The van der Waals surface area contributed by atoms with Gasteiger partial charge in [0.2, 0.25) is 11.8 Å². The number of nitrogens with one attached hydrogen (secondary N) is 1. The van der Waals surface area contributed by atoms with Gasteiger partial charge in [-0.1, -0.05) is 18.2 Å². The molecule has 0 aromatic heterocycles. The molecule has 8 heteroatoms. The number of anilines is 1. The van der Waals surface area contributed by atoms with Crippen LogP contribution in [0, 0.1) is 5.92 Å². The van der Waals surface area contributed by atoms with E-state index in [1.54, 1.807) is 17.9 Å². The first-order valence-electron chi connectivity index (χ1n) is 9.21. The lowest BCUT2D eigenvalue weighted by Crippen LogP contribution is -2.42. The number of rotatable bonds is 9. The van der Waals surface area contributed by atoms with E-state index in [1.807, 2.05) is 24.3 Å². The molecule has 2 unspecified atom stereocenters. The zero-order valence-electron chi connectivity index (χ0n) is 16.0. The zero-order valence-corrected chi connectivity index (χ0v) is 16.0. The van der Waals surface area contributed by atoms with Crippen molar-refractivity contribution in [2.75, 3.05) is 18.1 Å². The first kappa shape index (κ1) is 21.1. The van der Waals surface area contributed by atoms with Crippen molar-refractivity contribution in [2.24, 2.45) is 16.9 Å². The molecule has 1 aliphatic rings. The van der Waals surface area contributed by atoms with Crippen molar-refractivity contribution < 1.29 is 19.1 Å². The molecule has 8 nitrogen and oxygen atoms in total. The third-order valence-corrected chi connectivity index (χ3v) is 4.49. The van der Waals surface area contributed by atoms with Gasteiger partial charge in [-0.15, -0.1) is 6.58 Å². The molecular weight excluding hydrogens is 360 g/mol. The van der Waals surface area contributed by atoms with Crippen LogP contribution >= 0.6 is 0 Å². The van der Waals surface area contributed by atoms with Gasteiger partial charge in [0, 0.05) is 24.6 Å². The molecule has 1 aliphatic heterocycles. The van der Waals surface area contributed by atoms with Gasteiger partial charge in [-0.2, -0.15) is 5.10 Å². The number of hydrazone groups is 1. The number of hydrogen-bond acceptors (Lipinski definition) is 6. The fourth-order valence-electron chi connectivity index (χ4n) is 3.11. The summed E-state index contributed by atoms with van der Waals surface area (Å²) in [5.41, 5.74) is 1.60. The van der Waals surface area contributed by atoms with Crippen molar-refractivity contribution in [1.82, 2.24) is 5.32 Å². The van der Waals surface area contributed by atoms with Gasteiger partial charge in [0.25, 0.3) is 0 Å². The maximum absolute atomic E-state index is 12.7. The Kier molecular flexibility index (Phi) is 7.74. The van der Waals surface area contributed by atoms with Crippen LogP contribution in [0.25, 0.3) is 0 Å². The Morgan fingerprint density at radius 2 is 2.14 bits per heavy atom. The minimum Gasteiger partial charge on any atom is -0.464 e. The van der Waals surface area contributed by atoms with Gasteiger partial charge in [-0.3, -0.25) is 9.59 Å². The lowest BCUT2D eigenvalue weighted by Gasteiger charge is -2.18. The van der Waals surface area contributed by atoms with Crippen LogP contribution in [0.3, 0.4) is 0 Å².